The molecule has 2 N–H and O–H groups in total. The van der Waals surface area contributed by atoms with Crippen LogP contribution in [0.5, 0.6) is 0 Å². The molecule has 24 valence electrons. The van der Waals surface area contributed by atoms with E-state index in [-0.39, 0.29) is 61.9 Å². The van der Waals surface area contributed by atoms with Crippen LogP contribution in [0.1, 0.15) is 0 Å². The molecule has 0 aromatic rings. The Kier molecular flexibility index (Phi) is 233. The molecule has 0 amide bonds. The fraction of sp³-hybridized carbons (Fsp3) is 0. The van der Waals surface area contributed by atoms with Crippen LogP contribution in [0.4, 0.5) is 0 Å². The first-order valence-corrected chi connectivity index (χ1v) is 0. The normalized spacial score (nSPS) is 0. The minimum Gasteiger partial charge on any atom is -0.412 e. The van der Waals surface area contributed by atoms with E-state index in [9.17, 15) is 0 Å². The molecule has 0 atom stereocenters. The molecule has 0 aliphatic carbocycles. The topological polar surface area (TPSA) is 31.5 Å². The predicted molar refractivity (Wildman–Crippen MR) is 23.5 cm³/mol. The van der Waals surface area contributed by atoms with Gasteiger partial charge in [-0.15, -0.1) is 0 Å². The van der Waals surface area contributed by atoms with Crippen molar-refractivity contribution in [2.75, 3.05) is 0 Å². The van der Waals surface area contributed by atoms with Crippen molar-refractivity contribution in [1.29, 1.82) is 0 Å². The Morgan fingerprint density at radius 1 is 0.750 bits per heavy atom. The van der Waals surface area contributed by atoms with E-state index in [1.54, 1.807) is 0 Å². The van der Waals surface area contributed by atoms with Gasteiger partial charge in [-0.05, 0) is 0 Å². The molecule has 1 nitrogen and oxygen atoms in total. The number of hydrogen-bond donors (Lipinski definition) is 0. The fourth-order valence-corrected chi connectivity index (χ4v) is 0. The van der Waals surface area contributed by atoms with Gasteiger partial charge in [0.1, 0.15) is 0 Å². The van der Waals surface area contributed by atoms with E-state index < -0.39 is 0 Å². The van der Waals surface area contributed by atoms with Gasteiger partial charge in [-0.25, -0.2) is 0 Å². The quantitative estimate of drug-likeness (QED) is 0.306. The SMILES string of the molecule is O.[AlH3].[AlH3].[Ti]. The molecule has 0 aliphatic heterocycles. The third-order valence-corrected chi connectivity index (χ3v) is 0. The van der Waals surface area contributed by atoms with Gasteiger partial charge in [-0.3, -0.25) is 0 Å². The van der Waals surface area contributed by atoms with Crippen LogP contribution in [0.3, 0.4) is 0 Å². The van der Waals surface area contributed by atoms with Crippen molar-refractivity contribution in [3.8, 4) is 0 Å². The van der Waals surface area contributed by atoms with Gasteiger partial charge in [0.15, 0.2) is 34.7 Å². The molecule has 0 aromatic heterocycles. The molecule has 4 heavy (non-hydrogen) atoms. The van der Waals surface area contributed by atoms with E-state index in [1.165, 1.54) is 0 Å². The minimum atomic E-state index is 0. The van der Waals surface area contributed by atoms with E-state index in [4.69, 9.17) is 0 Å². The summed E-state index contributed by atoms with van der Waals surface area (Å²) in [6, 6.07) is 0. The molecule has 0 fully saturated rings. The van der Waals surface area contributed by atoms with Crippen LogP contribution in [0.2, 0.25) is 0 Å². The second kappa shape index (κ2) is 21.9. The Balaban J connectivity index is 0. The first-order valence-electron chi connectivity index (χ1n) is 0. The molecule has 0 unspecified atom stereocenters. The largest absolute Gasteiger partial charge is 0.412 e. The van der Waals surface area contributed by atoms with Gasteiger partial charge < -0.3 is 5.48 Å². The Morgan fingerprint density at radius 2 is 0.750 bits per heavy atom. The van der Waals surface area contributed by atoms with E-state index >= 15 is 0 Å². The zero-order chi connectivity index (χ0) is 0. The Morgan fingerprint density at radius 3 is 0.750 bits per heavy atom. The van der Waals surface area contributed by atoms with Crippen molar-refractivity contribution < 1.29 is 27.2 Å². The molecule has 0 aromatic carbocycles. The maximum atomic E-state index is 0. The second-order valence-corrected chi connectivity index (χ2v) is 0. The Bertz CT molecular complexity index is 6.00. The van der Waals surface area contributed by atoms with Crippen LogP contribution >= 0.6 is 0 Å². The van der Waals surface area contributed by atoms with Crippen LogP contribution in [0.25, 0.3) is 0 Å². The van der Waals surface area contributed by atoms with Crippen molar-refractivity contribution >= 4 is 34.7 Å². The molecular weight excluding hydrogens is 118 g/mol. The molecule has 4 heteroatoms. The Hall–Kier alpha value is 1.74. The van der Waals surface area contributed by atoms with Crippen LogP contribution in [-0.4, -0.2) is 40.2 Å². The van der Waals surface area contributed by atoms with Crippen molar-refractivity contribution in [1.82, 2.24) is 0 Å². The average Bonchev–Trinajstić information content (AvgIpc) is 0. The summed E-state index contributed by atoms with van der Waals surface area (Å²) >= 11 is 0. The van der Waals surface area contributed by atoms with Gasteiger partial charge in [0, 0.05) is 21.7 Å². The summed E-state index contributed by atoms with van der Waals surface area (Å²) in [5, 5.41) is 0. The maximum absolute atomic E-state index is 0. The average molecular weight is 126 g/mol. The van der Waals surface area contributed by atoms with Crippen molar-refractivity contribution in [2.24, 2.45) is 0 Å². The summed E-state index contributed by atoms with van der Waals surface area (Å²) in [7, 11) is 0. The summed E-state index contributed by atoms with van der Waals surface area (Å²) < 4.78 is 0. The van der Waals surface area contributed by atoms with E-state index in [1.807, 2.05) is 0 Å². The molecule has 0 bridgehead atoms. The molecule has 0 aliphatic rings. The monoisotopic (exact) mass is 126 g/mol. The van der Waals surface area contributed by atoms with Gasteiger partial charge in [0.2, 0.25) is 0 Å². The fourth-order valence-electron chi connectivity index (χ4n) is 0. The van der Waals surface area contributed by atoms with Crippen LogP contribution in [0.15, 0.2) is 0 Å². The smallest absolute Gasteiger partial charge is 0.187 e. The van der Waals surface area contributed by atoms with E-state index in [0.717, 1.165) is 0 Å². The van der Waals surface area contributed by atoms with Gasteiger partial charge in [0.05, 0.1) is 0 Å². The van der Waals surface area contributed by atoms with E-state index in [2.05, 4.69) is 0 Å². The van der Waals surface area contributed by atoms with Crippen LogP contribution < -0.4 is 0 Å². The third-order valence-electron chi connectivity index (χ3n) is 0. The third kappa shape index (κ3) is 9.28. The number of rotatable bonds is 0. The van der Waals surface area contributed by atoms with Gasteiger partial charge in [-0.2, -0.15) is 0 Å². The standard InChI is InChI=1S/2Al.H2O.Ti.6H/h;;1H2;;;;;;;. The molecule has 0 heterocycles. The molecule has 0 saturated carbocycles. The van der Waals surface area contributed by atoms with Crippen molar-refractivity contribution in [3.05, 3.63) is 0 Å². The molecule has 0 saturated heterocycles. The van der Waals surface area contributed by atoms with Gasteiger partial charge in [0.25, 0.3) is 0 Å². The van der Waals surface area contributed by atoms with Gasteiger partial charge in [-0.1, -0.05) is 0 Å². The van der Waals surface area contributed by atoms with Crippen LogP contribution in [-0.2, 0) is 21.7 Å². The summed E-state index contributed by atoms with van der Waals surface area (Å²) in [5.74, 6) is 0. The summed E-state index contributed by atoms with van der Waals surface area (Å²) in [6.07, 6.45) is 0. The van der Waals surface area contributed by atoms with E-state index in [0.29, 0.717) is 0 Å². The zero-order valence-corrected chi connectivity index (χ0v) is 2.56. The molecule has 0 spiro atoms. The molecule has 0 radical (unpaired) electrons. The molecular formula is H8Al2OTi. The second-order valence-electron chi connectivity index (χ2n) is 0. The summed E-state index contributed by atoms with van der Waals surface area (Å²) in [5.41, 5.74) is 0. The predicted octanol–water partition coefficient (Wildman–Crippen LogP) is -3.20. The van der Waals surface area contributed by atoms with Crippen molar-refractivity contribution in [3.63, 3.8) is 0 Å². The zero-order valence-electron chi connectivity index (χ0n) is 1.00. The molecule has 0 rings (SSSR count). The maximum Gasteiger partial charge on any atom is 0.187 e. The first-order chi connectivity index (χ1) is 0. The summed E-state index contributed by atoms with van der Waals surface area (Å²) in [6.45, 7) is 0. The first kappa shape index (κ1) is 42.6. The Labute approximate surface area is 61.6 Å². The minimum absolute atomic E-state index is 0. The van der Waals surface area contributed by atoms with Crippen molar-refractivity contribution in [2.45, 2.75) is 0 Å². The number of hydrogen-bond acceptors (Lipinski definition) is 0. The summed E-state index contributed by atoms with van der Waals surface area (Å²) in [4.78, 5) is 0. The van der Waals surface area contributed by atoms with Gasteiger partial charge >= 0.3 is 0 Å². The van der Waals surface area contributed by atoms with Crippen LogP contribution in [0, 0.1) is 0 Å².